The number of fused-ring (bicyclic) bond motifs is 1. The fourth-order valence-electron chi connectivity index (χ4n) is 3.76. The lowest BCUT2D eigenvalue weighted by atomic mass is 9.88. The molecule has 0 spiro atoms. The number of halogens is 4. The van der Waals surface area contributed by atoms with Crippen molar-refractivity contribution in [3.8, 4) is 16.9 Å². The summed E-state index contributed by atoms with van der Waals surface area (Å²) in [5, 5.41) is 10.8. The van der Waals surface area contributed by atoms with Crippen LogP contribution in [0.3, 0.4) is 0 Å². The number of aliphatic hydroxyl groups excluding tert-OH is 1. The summed E-state index contributed by atoms with van der Waals surface area (Å²) in [5.41, 5.74) is -4.98. The molecule has 12 heteroatoms. The molecule has 0 fully saturated rings. The van der Waals surface area contributed by atoms with Gasteiger partial charge in [-0.1, -0.05) is 18.2 Å². The van der Waals surface area contributed by atoms with Gasteiger partial charge in [0, 0.05) is 28.9 Å². The van der Waals surface area contributed by atoms with E-state index in [0.717, 1.165) is 28.6 Å². The van der Waals surface area contributed by atoms with Crippen LogP contribution in [0.2, 0.25) is 0 Å². The molecule has 0 radical (unpaired) electrons. The number of sulfonamides is 1. The van der Waals surface area contributed by atoms with E-state index in [1.54, 1.807) is 12.3 Å². The van der Waals surface area contributed by atoms with Crippen molar-refractivity contribution in [1.82, 2.24) is 9.71 Å². The Labute approximate surface area is 197 Å². The molecule has 2 atom stereocenters. The highest BCUT2D eigenvalue weighted by molar-refractivity contribution is 7.90. The van der Waals surface area contributed by atoms with Gasteiger partial charge in [-0.3, -0.25) is 9.78 Å². The Hall–Kier alpha value is -3.51. The van der Waals surface area contributed by atoms with Crippen LogP contribution in [0.15, 0.2) is 60.8 Å². The number of amides is 1. The number of carbonyl (C=O) groups excluding carboxylic acids is 1. The molecule has 2 heterocycles. The number of benzene rings is 2. The zero-order valence-corrected chi connectivity index (χ0v) is 18.6. The van der Waals surface area contributed by atoms with Gasteiger partial charge >= 0.3 is 15.5 Å². The predicted molar refractivity (Wildman–Crippen MR) is 116 cm³/mol. The molecular formula is C23H18F4N2O5S. The zero-order chi connectivity index (χ0) is 25.4. The average molecular weight is 510 g/mol. The number of alkyl halides is 3. The third-order valence-corrected chi connectivity index (χ3v) is 6.56. The maximum absolute atomic E-state index is 14.0. The number of nitrogens with one attached hydrogen (secondary N) is 1. The summed E-state index contributed by atoms with van der Waals surface area (Å²) >= 11 is 0. The second-order valence-corrected chi connectivity index (χ2v) is 9.54. The highest BCUT2D eigenvalue weighted by Crippen LogP contribution is 2.40. The smallest absolute Gasteiger partial charge is 0.493 e. The van der Waals surface area contributed by atoms with Crippen LogP contribution < -0.4 is 9.46 Å². The van der Waals surface area contributed by atoms with E-state index in [1.807, 2.05) is 12.1 Å². The highest BCUT2D eigenvalue weighted by Gasteiger charge is 2.47. The molecule has 4 rings (SSSR count). The molecule has 1 aliphatic rings. The predicted octanol–water partition coefficient (Wildman–Crippen LogP) is 3.75. The maximum Gasteiger partial charge on any atom is 0.516 e. The first-order valence-electron chi connectivity index (χ1n) is 10.2. The molecule has 0 unspecified atom stereocenters. The van der Waals surface area contributed by atoms with E-state index >= 15 is 0 Å². The molecule has 0 saturated carbocycles. The fourth-order valence-corrected chi connectivity index (χ4v) is 4.23. The molecule has 3 aromatic rings. The van der Waals surface area contributed by atoms with Crippen molar-refractivity contribution < 1.29 is 40.6 Å². The van der Waals surface area contributed by atoms with Crippen LogP contribution in [0.25, 0.3) is 11.1 Å². The van der Waals surface area contributed by atoms with Crippen molar-refractivity contribution in [3.05, 3.63) is 83.4 Å². The second-order valence-electron chi connectivity index (χ2n) is 7.86. The Morgan fingerprint density at radius 3 is 2.60 bits per heavy atom. The first-order chi connectivity index (χ1) is 16.5. The number of carbonyl (C=O) groups is 1. The Morgan fingerprint density at radius 2 is 1.91 bits per heavy atom. The lowest BCUT2D eigenvalue weighted by Crippen LogP contribution is -2.40. The van der Waals surface area contributed by atoms with E-state index in [2.05, 4.69) is 4.98 Å². The minimum atomic E-state index is -5.96. The van der Waals surface area contributed by atoms with Gasteiger partial charge in [0.2, 0.25) is 0 Å². The summed E-state index contributed by atoms with van der Waals surface area (Å²) in [7, 11) is -5.96. The highest BCUT2D eigenvalue weighted by atomic mass is 32.2. The lowest BCUT2D eigenvalue weighted by Gasteiger charge is -2.30. The molecule has 0 saturated heterocycles. The number of hydrogen-bond acceptors (Lipinski definition) is 6. The molecule has 7 nitrogen and oxygen atoms in total. The largest absolute Gasteiger partial charge is 0.516 e. The number of hydrogen-bond donors (Lipinski definition) is 2. The van der Waals surface area contributed by atoms with Gasteiger partial charge in [0.05, 0.1) is 12.7 Å². The van der Waals surface area contributed by atoms with Crippen molar-refractivity contribution >= 4 is 15.9 Å². The average Bonchev–Trinajstić information content (AvgIpc) is 2.80. The van der Waals surface area contributed by atoms with E-state index in [1.165, 1.54) is 18.2 Å². The second kappa shape index (κ2) is 9.27. The number of ether oxygens (including phenoxy) is 1. The van der Waals surface area contributed by atoms with Crippen LogP contribution in [0, 0.1) is 11.7 Å². The van der Waals surface area contributed by atoms with Crippen molar-refractivity contribution in [2.45, 2.75) is 18.0 Å². The molecule has 1 amide bonds. The number of rotatable bonds is 5. The Morgan fingerprint density at radius 1 is 1.14 bits per heavy atom. The monoisotopic (exact) mass is 510 g/mol. The van der Waals surface area contributed by atoms with Crippen LogP contribution in [-0.4, -0.2) is 36.5 Å². The molecule has 1 aliphatic heterocycles. The van der Waals surface area contributed by atoms with Crippen LogP contribution in [0.4, 0.5) is 17.6 Å². The van der Waals surface area contributed by atoms with Crippen molar-refractivity contribution in [2.24, 2.45) is 5.92 Å². The minimum absolute atomic E-state index is 0.133. The van der Waals surface area contributed by atoms with Crippen LogP contribution in [-0.2, 0) is 16.4 Å². The first kappa shape index (κ1) is 24.6. The standard InChI is InChI=1S/C23H18F4N2O5S/c24-15-5-7-17(22(31)29-35(32,33)23(25,26)27)19(11-15)13-4-6-18-20(10-13)34-12-14(21(18)30)9-16-3-1-2-8-28-16/h1-8,10-11,14,21,30H,9,12H2,(H,29,31)/t14-,21+/m0/s1. The van der Waals surface area contributed by atoms with Gasteiger partial charge in [-0.05, 0) is 53.9 Å². The number of pyridine rings is 1. The maximum atomic E-state index is 14.0. The fraction of sp³-hybridized carbons (Fsp3) is 0.217. The van der Waals surface area contributed by atoms with Gasteiger partial charge in [-0.2, -0.15) is 21.6 Å². The Bertz CT molecular complexity index is 1360. The van der Waals surface area contributed by atoms with E-state index in [0.29, 0.717) is 12.0 Å². The van der Waals surface area contributed by atoms with Gasteiger partial charge in [-0.25, -0.2) is 9.11 Å². The lowest BCUT2D eigenvalue weighted by molar-refractivity contribution is -0.0446. The minimum Gasteiger partial charge on any atom is -0.493 e. The Balaban J connectivity index is 1.64. The molecule has 1 aromatic heterocycles. The van der Waals surface area contributed by atoms with Gasteiger partial charge < -0.3 is 9.84 Å². The summed E-state index contributed by atoms with van der Waals surface area (Å²) in [6.45, 7) is 0.133. The van der Waals surface area contributed by atoms with Crippen molar-refractivity contribution in [1.29, 1.82) is 0 Å². The molecule has 2 aromatic carbocycles. The summed E-state index contributed by atoms with van der Waals surface area (Å²) in [6.07, 6.45) is 1.17. The molecule has 0 aliphatic carbocycles. The van der Waals surface area contributed by atoms with Crippen molar-refractivity contribution in [3.63, 3.8) is 0 Å². The normalized spacial score (nSPS) is 17.9. The van der Waals surface area contributed by atoms with E-state index in [9.17, 15) is 35.9 Å². The van der Waals surface area contributed by atoms with E-state index < -0.39 is 38.9 Å². The molecule has 35 heavy (non-hydrogen) atoms. The van der Waals surface area contributed by atoms with Gasteiger partial charge in [0.25, 0.3) is 5.91 Å². The van der Waals surface area contributed by atoms with Gasteiger partial charge in [-0.15, -0.1) is 0 Å². The zero-order valence-electron chi connectivity index (χ0n) is 17.8. The molecule has 184 valence electrons. The van der Waals surface area contributed by atoms with Crippen LogP contribution in [0.1, 0.15) is 27.7 Å². The van der Waals surface area contributed by atoms with E-state index in [-0.39, 0.29) is 29.4 Å². The summed E-state index contributed by atoms with van der Waals surface area (Å²) in [6, 6.07) is 12.3. The topological polar surface area (TPSA) is 106 Å². The summed E-state index contributed by atoms with van der Waals surface area (Å²) in [5.74, 6) is -2.44. The summed E-state index contributed by atoms with van der Waals surface area (Å²) < 4.78 is 81.5. The van der Waals surface area contributed by atoms with E-state index in [4.69, 9.17) is 4.74 Å². The third-order valence-electron chi connectivity index (χ3n) is 5.50. The molecular weight excluding hydrogens is 492 g/mol. The molecule has 0 bridgehead atoms. The number of nitrogens with zero attached hydrogens (tertiary/aromatic N) is 1. The third kappa shape index (κ3) is 5.13. The van der Waals surface area contributed by atoms with Crippen molar-refractivity contribution in [2.75, 3.05) is 6.61 Å². The van der Waals surface area contributed by atoms with Gasteiger partial charge in [0.1, 0.15) is 11.6 Å². The Kier molecular flexibility index (Phi) is 6.52. The summed E-state index contributed by atoms with van der Waals surface area (Å²) in [4.78, 5) is 16.6. The number of aromatic nitrogens is 1. The quantitative estimate of drug-likeness (QED) is 0.507. The number of aliphatic hydroxyl groups is 1. The first-order valence-corrected chi connectivity index (χ1v) is 11.7. The van der Waals surface area contributed by atoms with Gasteiger partial charge in [0.15, 0.2) is 0 Å². The van der Waals surface area contributed by atoms with Crippen LogP contribution in [0.5, 0.6) is 5.75 Å². The molecule has 2 N–H and O–H groups in total. The SMILES string of the molecule is O=C(NS(=O)(=O)C(F)(F)F)c1ccc(F)cc1-c1ccc2c(c1)OC[C@H](Cc1ccccn1)[C@H]2O. The van der Waals surface area contributed by atoms with Crippen LogP contribution >= 0.6 is 0 Å².